The van der Waals surface area contributed by atoms with E-state index < -0.39 is 35.7 Å². The molecule has 2 atom stereocenters. The molecule has 0 bridgehead atoms. The van der Waals surface area contributed by atoms with Gasteiger partial charge in [-0.2, -0.15) is 0 Å². The predicted octanol–water partition coefficient (Wildman–Crippen LogP) is 1.81. The molecule has 1 aliphatic heterocycles. The van der Waals surface area contributed by atoms with Crippen LogP contribution in [-0.2, 0) is 14.3 Å². The van der Waals surface area contributed by atoms with E-state index in [1.165, 1.54) is 0 Å². The van der Waals surface area contributed by atoms with Gasteiger partial charge in [0.05, 0.1) is 5.69 Å². The zero-order chi connectivity index (χ0) is 18.8. The highest BCUT2D eigenvalue weighted by Gasteiger charge is 2.33. The van der Waals surface area contributed by atoms with Crippen molar-refractivity contribution in [2.45, 2.75) is 44.9 Å². The largest absolute Gasteiger partial charge is 0.478 e. The van der Waals surface area contributed by atoms with Crippen LogP contribution in [0.4, 0.5) is 10.5 Å². The van der Waals surface area contributed by atoms with Gasteiger partial charge in [0, 0.05) is 17.5 Å². The second kappa shape index (κ2) is 7.18. The Morgan fingerprint density at radius 2 is 2.12 bits per heavy atom. The smallest absolute Gasteiger partial charge is 0.408 e. The average Bonchev–Trinajstić information content (AvgIpc) is 2.45. The van der Waals surface area contributed by atoms with Gasteiger partial charge in [-0.1, -0.05) is 11.6 Å². The van der Waals surface area contributed by atoms with Gasteiger partial charge < -0.3 is 25.8 Å². The topological polar surface area (TPSA) is 120 Å². The standard InChI is InChI=1S/C16H20ClN3O5/c1-16(2,3)25-15(23)20-10(13(18)21)7-12-14(22)19-9-5-4-8(17)6-11(9)24-12/h4-6,10,12H,7H2,1-3H3,(H2,18,21)(H,19,22)(H,20,23)/t10-,12-/m0/s1. The van der Waals surface area contributed by atoms with Crippen molar-refractivity contribution in [1.82, 2.24) is 5.32 Å². The number of anilines is 1. The van der Waals surface area contributed by atoms with E-state index >= 15 is 0 Å². The number of halogens is 1. The van der Waals surface area contributed by atoms with E-state index in [1.54, 1.807) is 39.0 Å². The maximum atomic E-state index is 12.1. The predicted molar refractivity (Wildman–Crippen MR) is 91.5 cm³/mol. The minimum absolute atomic E-state index is 0.146. The molecule has 0 saturated carbocycles. The van der Waals surface area contributed by atoms with Gasteiger partial charge in [0.25, 0.3) is 5.91 Å². The molecule has 0 fully saturated rings. The molecular formula is C16H20ClN3O5. The molecule has 25 heavy (non-hydrogen) atoms. The van der Waals surface area contributed by atoms with E-state index in [4.69, 9.17) is 26.8 Å². The highest BCUT2D eigenvalue weighted by Crippen LogP contribution is 2.33. The summed E-state index contributed by atoms with van der Waals surface area (Å²) in [5, 5.41) is 5.45. The van der Waals surface area contributed by atoms with Crippen LogP contribution in [-0.4, -0.2) is 35.7 Å². The van der Waals surface area contributed by atoms with Crippen molar-refractivity contribution in [3.8, 4) is 5.75 Å². The Kier molecular flexibility index (Phi) is 5.42. The molecule has 4 N–H and O–H groups in total. The van der Waals surface area contributed by atoms with Crippen molar-refractivity contribution < 1.29 is 23.9 Å². The molecule has 1 heterocycles. The van der Waals surface area contributed by atoms with Gasteiger partial charge in [0.15, 0.2) is 6.10 Å². The lowest BCUT2D eigenvalue weighted by atomic mass is 10.1. The number of nitrogens with one attached hydrogen (secondary N) is 2. The zero-order valence-corrected chi connectivity index (χ0v) is 14.8. The van der Waals surface area contributed by atoms with Gasteiger partial charge in [-0.25, -0.2) is 4.79 Å². The molecule has 1 aromatic rings. The fourth-order valence-electron chi connectivity index (χ4n) is 2.18. The molecule has 1 aromatic carbocycles. The number of hydrogen-bond acceptors (Lipinski definition) is 5. The van der Waals surface area contributed by atoms with Gasteiger partial charge in [-0.05, 0) is 32.9 Å². The summed E-state index contributed by atoms with van der Waals surface area (Å²) in [4.78, 5) is 35.6. The molecule has 0 spiro atoms. The van der Waals surface area contributed by atoms with Crippen LogP contribution in [0.25, 0.3) is 0 Å². The second-order valence-corrected chi connectivity index (χ2v) is 7.01. The Hall–Kier alpha value is -2.48. The Balaban J connectivity index is 2.08. The minimum atomic E-state index is -1.13. The van der Waals surface area contributed by atoms with E-state index in [0.29, 0.717) is 16.5 Å². The van der Waals surface area contributed by atoms with Crippen LogP contribution >= 0.6 is 11.6 Å². The van der Waals surface area contributed by atoms with E-state index in [1.807, 2.05) is 0 Å². The third-order valence-corrected chi connectivity index (χ3v) is 3.48. The number of primary amides is 1. The highest BCUT2D eigenvalue weighted by molar-refractivity contribution is 6.30. The maximum Gasteiger partial charge on any atom is 0.408 e. The fourth-order valence-corrected chi connectivity index (χ4v) is 2.34. The first-order valence-corrected chi connectivity index (χ1v) is 7.99. The summed E-state index contributed by atoms with van der Waals surface area (Å²) in [5.41, 5.74) is 5.05. The van der Waals surface area contributed by atoms with Crippen LogP contribution in [0.2, 0.25) is 5.02 Å². The van der Waals surface area contributed by atoms with Crippen molar-refractivity contribution in [1.29, 1.82) is 0 Å². The molecule has 0 aliphatic carbocycles. The monoisotopic (exact) mass is 369 g/mol. The molecule has 9 heteroatoms. The normalized spacial score (nSPS) is 17.6. The number of alkyl carbamates (subject to hydrolysis) is 1. The number of fused-ring (bicyclic) bond motifs is 1. The number of hydrogen-bond donors (Lipinski definition) is 3. The number of carbonyl (C=O) groups excluding carboxylic acids is 3. The number of amides is 3. The summed E-state index contributed by atoms with van der Waals surface area (Å²) in [5.74, 6) is -0.885. The van der Waals surface area contributed by atoms with Crippen LogP contribution in [0.3, 0.4) is 0 Å². The van der Waals surface area contributed by atoms with E-state index in [-0.39, 0.29) is 6.42 Å². The van der Waals surface area contributed by atoms with Crippen molar-refractivity contribution in [3.05, 3.63) is 23.2 Å². The summed E-state index contributed by atoms with van der Waals surface area (Å²) in [7, 11) is 0. The molecule has 0 unspecified atom stereocenters. The van der Waals surface area contributed by atoms with Crippen molar-refractivity contribution in [3.63, 3.8) is 0 Å². The molecular weight excluding hydrogens is 350 g/mol. The fraction of sp³-hybridized carbons (Fsp3) is 0.438. The third kappa shape index (κ3) is 5.25. The first-order valence-electron chi connectivity index (χ1n) is 7.61. The van der Waals surface area contributed by atoms with Crippen LogP contribution in [0.5, 0.6) is 5.75 Å². The van der Waals surface area contributed by atoms with Crippen LogP contribution in [0.1, 0.15) is 27.2 Å². The highest BCUT2D eigenvalue weighted by atomic mass is 35.5. The third-order valence-electron chi connectivity index (χ3n) is 3.25. The van der Waals surface area contributed by atoms with Gasteiger partial charge in [-0.15, -0.1) is 0 Å². The summed E-state index contributed by atoms with van der Waals surface area (Å²) in [6.45, 7) is 5.05. The van der Waals surface area contributed by atoms with E-state index in [2.05, 4.69) is 10.6 Å². The van der Waals surface area contributed by atoms with Gasteiger partial charge >= 0.3 is 6.09 Å². The summed E-state index contributed by atoms with van der Waals surface area (Å²) in [6, 6.07) is 3.63. The van der Waals surface area contributed by atoms with Gasteiger partial charge in [0.2, 0.25) is 5.91 Å². The van der Waals surface area contributed by atoms with Crippen LogP contribution in [0.15, 0.2) is 18.2 Å². The SMILES string of the molecule is CC(C)(C)OC(=O)N[C@@H](C[C@@H]1Oc2cc(Cl)ccc2NC1=O)C(N)=O. The summed E-state index contributed by atoms with van der Waals surface area (Å²) >= 11 is 5.91. The minimum Gasteiger partial charge on any atom is -0.478 e. The molecule has 2 rings (SSSR count). The Labute approximate surface area is 150 Å². The van der Waals surface area contributed by atoms with E-state index in [9.17, 15) is 14.4 Å². The molecule has 1 aliphatic rings. The first kappa shape index (κ1) is 18.9. The molecule has 0 saturated heterocycles. The molecule has 0 radical (unpaired) electrons. The Morgan fingerprint density at radius 1 is 1.44 bits per heavy atom. The number of ether oxygens (including phenoxy) is 2. The summed E-state index contributed by atoms with van der Waals surface area (Å²) in [6.07, 6.45) is -1.97. The molecule has 0 aromatic heterocycles. The first-order chi connectivity index (χ1) is 11.5. The van der Waals surface area contributed by atoms with Crippen molar-refractivity contribution >= 4 is 35.2 Å². The van der Waals surface area contributed by atoms with Gasteiger partial charge in [0.1, 0.15) is 17.4 Å². The molecule has 136 valence electrons. The lowest BCUT2D eigenvalue weighted by molar-refractivity contribution is -0.125. The lowest BCUT2D eigenvalue weighted by Gasteiger charge is -2.28. The Morgan fingerprint density at radius 3 is 2.72 bits per heavy atom. The zero-order valence-electron chi connectivity index (χ0n) is 14.1. The number of nitrogens with two attached hydrogens (primary N) is 1. The Bertz CT molecular complexity index is 702. The number of benzene rings is 1. The molecule has 3 amide bonds. The van der Waals surface area contributed by atoms with E-state index in [0.717, 1.165) is 0 Å². The maximum absolute atomic E-state index is 12.1. The van der Waals surface area contributed by atoms with Crippen molar-refractivity contribution in [2.75, 3.05) is 5.32 Å². The quantitative estimate of drug-likeness (QED) is 0.747. The number of carbonyl (C=O) groups is 3. The number of rotatable bonds is 4. The summed E-state index contributed by atoms with van der Waals surface area (Å²) < 4.78 is 10.7. The van der Waals surface area contributed by atoms with Crippen molar-refractivity contribution in [2.24, 2.45) is 5.73 Å². The lowest BCUT2D eigenvalue weighted by Crippen LogP contribution is -2.50. The van der Waals surface area contributed by atoms with Crippen LogP contribution < -0.4 is 21.1 Å². The average molecular weight is 370 g/mol. The van der Waals surface area contributed by atoms with Crippen LogP contribution in [0, 0.1) is 0 Å². The van der Waals surface area contributed by atoms with Gasteiger partial charge in [-0.3, -0.25) is 9.59 Å². The second-order valence-electron chi connectivity index (χ2n) is 6.57. The molecule has 8 nitrogen and oxygen atoms in total.